The number of aromatic nitrogens is 1. The summed E-state index contributed by atoms with van der Waals surface area (Å²) in [6, 6.07) is 3.34. The fourth-order valence-corrected chi connectivity index (χ4v) is 1.50. The van der Waals surface area contributed by atoms with Gasteiger partial charge in [-0.3, -0.25) is 0 Å². The van der Waals surface area contributed by atoms with Crippen molar-refractivity contribution >= 4 is 5.82 Å². The van der Waals surface area contributed by atoms with Gasteiger partial charge in [-0.2, -0.15) is 13.2 Å². The molecular weight excluding hydrogens is 259 g/mol. The molecule has 0 aliphatic carbocycles. The number of nitrogens with zero attached hydrogens (tertiary/aromatic N) is 2. The third kappa shape index (κ3) is 6.40. The molecule has 0 saturated heterocycles. The Balaban J connectivity index is 2.47. The molecule has 0 unspecified atom stereocenters. The number of halogens is 3. The summed E-state index contributed by atoms with van der Waals surface area (Å²) >= 11 is 0. The van der Waals surface area contributed by atoms with E-state index < -0.39 is 12.7 Å². The highest BCUT2D eigenvalue weighted by Crippen LogP contribution is 2.19. The summed E-state index contributed by atoms with van der Waals surface area (Å²) < 4.78 is 41.5. The minimum absolute atomic E-state index is 0.304. The lowest BCUT2D eigenvalue weighted by molar-refractivity contribution is -0.119. The van der Waals surface area contributed by atoms with Crippen molar-refractivity contribution in [2.45, 2.75) is 12.7 Å². The molecule has 0 radical (unpaired) electrons. The quantitative estimate of drug-likeness (QED) is 0.771. The Hall–Kier alpha value is -1.34. The number of pyridine rings is 1. The van der Waals surface area contributed by atoms with Crippen LogP contribution in [-0.4, -0.2) is 45.0 Å². The predicted molar refractivity (Wildman–Crippen MR) is 67.1 cm³/mol. The van der Waals surface area contributed by atoms with Gasteiger partial charge in [-0.25, -0.2) is 4.98 Å². The zero-order valence-corrected chi connectivity index (χ0v) is 11.0. The minimum atomic E-state index is -4.23. The number of alkyl halides is 3. The fraction of sp³-hybridized carbons (Fsp3) is 0.583. The van der Waals surface area contributed by atoms with Crippen molar-refractivity contribution in [2.75, 3.05) is 38.8 Å². The first-order chi connectivity index (χ1) is 8.92. The van der Waals surface area contributed by atoms with E-state index in [4.69, 9.17) is 4.74 Å². The van der Waals surface area contributed by atoms with Crippen LogP contribution < -0.4 is 10.2 Å². The van der Waals surface area contributed by atoms with Gasteiger partial charge in [-0.05, 0) is 11.6 Å². The zero-order valence-electron chi connectivity index (χ0n) is 11.0. The van der Waals surface area contributed by atoms with E-state index >= 15 is 0 Å². The molecule has 0 amide bonds. The van der Waals surface area contributed by atoms with Crippen LogP contribution in [0.25, 0.3) is 0 Å². The zero-order chi connectivity index (χ0) is 14.3. The molecule has 0 bridgehead atoms. The van der Waals surface area contributed by atoms with E-state index in [1.54, 1.807) is 25.4 Å². The molecular formula is C12H18F3N3O. The first-order valence-electron chi connectivity index (χ1n) is 5.85. The van der Waals surface area contributed by atoms with Crippen LogP contribution in [0.4, 0.5) is 19.0 Å². The molecule has 0 aromatic carbocycles. The summed E-state index contributed by atoms with van der Waals surface area (Å²) in [6.07, 6.45) is -2.65. The van der Waals surface area contributed by atoms with Gasteiger partial charge < -0.3 is 15.0 Å². The highest BCUT2D eigenvalue weighted by atomic mass is 19.4. The Bertz CT molecular complexity index is 367. The van der Waals surface area contributed by atoms with Crippen molar-refractivity contribution in [3.8, 4) is 0 Å². The lowest BCUT2D eigenvalue weighted by Crippen LogP contribution is -2.31. The Kier molecular flexibility index (Phi) is 6.04. The summed E-state index contributed by atoms with van der Waals surface area (Å²) in [6.45, 7) is 0.928. The second-order valence-electron chi connectivity index (χ2n) is 4.17. The van der Waals surface area contributed by atoms with Crippen LogP contribution in [0.1, 0.15) is 5.56 Å². The first-order valence-corrected chi connectivity index (χ1v) is 5.85. The SMILES string of the molecule is COCCNCc1ccc(N(C)CC(F)(F)F)nc1. The maximum absolute atomic E-state index is 12.2. The van der Waals surface area contributed by atoms with Crippen LogP contribution in [0.5, 0.6) is 0 Å². The van der Waals surface area contributed by atoms with Crippen molar-refractivity contribution < 1.29 is 17.9 Å². The van der Waals surface area contributed by atoms with Crippen LogP contribution in [0.15, 0.2) is 18.3 Å². The van der Waals surface area contributed by atoms with Crippen LogP contribution in [0, 0.1) is 0 Å². The Morgan fingerprint density at radius 2 is 2.11 bits per heavy atom. The molecule has 0 aliphatic rings. The van der Waals surface area contributed by atoms with E-state index in [0.29, 0.717) is 25.5 Å². The summed E-state index contributed by atoms with van der Waals surface area (Å²) in [5.74, 6) is 0.304. The molecule has 1 heterocycles. The van der Waals surface area contributed by atoms with Crippen LogP contribution in [0.3, 0.4) is 0 Å². The number of rotatable bonds is 7. The second kappa shape index (κ2) is 7.30. The molecule has 0 spiro atoms. The Morgan fingerprint density at radius 3 is 2.63 bits per heavy atom. The summed E-state index contributed by atoms with van der Waals surface area (Å²) in [7, 11) is 2.99. The largest absolute Gasteiger partial charge is 0.405 e. The third-order valence-corrected chi connectivity index (χ3v) is 2.43. The molecule has 0 aliphatic heterocycles. The number of anilines is 1. The standard InChI is InChI=1S/C12H18F3N3O/c1-18(9-12(13,14)15)11-4-3-10(8-17-11)7-16-5-6-19-2/h3-4,8,16H,5-7,9H2,1-2H3. The highest BCUT2D eigenvalue weighted by molar-refractivity contribution is 5.38. The van der Waals surface area contributed by atoms with E-state index in [2.05, 4.69) is 10.3 Å². The molecule has 108 valence electrons. The van der Waals surface area contributed by atoms with Gasteiger partial charge in [0.25, 0.3) is 0 Å². The highest BCUT2D eigenvalue weighted by Gasteiger charge is 2.29. The summed E-state index contributed by atoms with van der Waals surface area (Å²) in [4.78, 5) is 5.09. The second-order valence-corrected chi connectivity index (χ2v) is 4.17. The van der Waals surface area contributed by atoms with Gasteiger partial charge in [0.05, 0.1) is 6.61 Å². The maximum Gasteiger partial charge on any atom is 0.405 e. The van der Waals surface area contributed by atoms with E-state index in [9.17, 15) is 13.2 Å². The summed E-state index contributed by atoms with van der Waals surface area (Å²) in [5.41, 5.74) is 0.917. The average Bonchev–Trinajstić information content (AvgIpc) is 2.33. The molecule has 19 heavy (non-hydrogen) atoms. The molecule has 1 aromatic heterocycles. The molecule has 1 aromatic rings. The normalized spacial score (nSPS) is 11.6. The third-order valence-electron chi connectivity index (χ3n) is 2.43. The number of hydrogen-bond donors (Lipinski definition) is 1. The smallest absolute Gasteiger partial charge is 0.383 e. The lowest BCUT2D eigenvalue weighted by atomic mass is 10.2. The number of methoxy groups -OCH3 is 1. The molecule has 0 atom stereocenters. The van der Waals surface area contributed by atoms with Gasteiger partial charge in [0.2, 0.25) is 0 Å². The van der Waals surface area contributed by atoms with Gasteiger partial charge in [0, 0.05) is 33.4 Å². The lowest BCUT2D eigenvalue weighted by Gasteiger charge is -2.19. The van der Waals surface area contributed by atoms with Crippen molar-refractivity contribution in [1.82, 2.24) is 10.3 Å². The maximum atomic E-state index is 12.2. The number of ether oxygens (including phenoxy) is 1. The van der Waals surface area contributed by atoms with Crippen LogP contribution in [-0.2, 0) is 11.3 Å². The van der Waals surface area contributed by atoms with E-state index in [1.807, 2.05) is 0 Å². The molecule has 4 nitrogen and oxygen atoms in total. The molecule has 0 fully saturated rings. The molecule has 1 N–H and O–H groups in total. The monoisotopic (exact) mass is 277 g/mol. The Morgan fingerprint density at radius 1 is 1.37 bits per heavy atom. The van der Waals surface area contributed by atoms with Gasteiger partial charge in [-0.1, -0.05) is 6.07 Å². The van der Waals surface area contributed by atoms with Gasteiger partial charge in [0.15, 0.2) is 0 Å². The number of nitrogens with one attached hydrogen (secondary N) is 1. The van der Waals surface area contributed by atoms with Crippen molar-refractivity contribution in [1.29, 1.82) is 0 Å². The molecule has 7 heteroatoms. The number of hydrogen-bond acceptors (Lipinski definition) is 4. The van der Waals surface area contributed by atoms with Crippen molar-refractivity contribution in [3.63, 3.8) is 0 Å². The summed E-state index contributed by atoms with van der Waals surface area (Å²) in [5, 5.41) is 3.13. The Labute approximate surface area is 110 Å². The first kappa shape index (κ1) is 15.7. The van der Waals surface area contributed by atoms with Gasteiger partial charge >= 0.3 is 6.18 Å². The molecule has 1 rings (SSSR count). The topological polar surface area (TPSA) is 37.4 Å². The van der Waals surface area contributed by atoms with Crippen molar-refractivity contribution in [2.24, 2.45) is 0 Å². The van der Waals surface area contributed by atoms with Crippen LogP contribution in [0.2, 0.25) is 0 Å². The predicted octanol–water partition coefficient (Wildman–Crippen LogP) is 1.82. The van der Waals surface area contributed by atoms with Crippen molar-refractivity contribution in [3.05, 3.63) is 23.9 Å². The van der Waals surface area contributed by atoms with E-state index in [1.165, 1.54) is 7.05 Å². The molecule has 0 saturated carbocycles. The van der Waals surface area contributed by atoms with Gasteiger partial charge in [0.1, 0.15) is 12.4 Å². The van der Waals surface area contributed by atoms with Crippen LogP contribution >= 0.6 is 0 Å². The average molecular weight is 277 g/mol. The van der Waals surface area contributed by atoms with E-state index in [0.717, 1.165) is 10.5 Å². The fourth-order valence-electron chi connectivity index (χ4n) is 1.50. The van der Waals surface area contributed by atoms with Gasteiger partial charge in [-0.15, -0.1) is 0 Å². The van der Waals surface area contributed by atoms with E-state index in [-0.39, 0.29) is 0 Å². The minimum Gasteiger partial charge on any atom is -0.383 e.